The van der Waals surface area contributed by atoms with E-state index >= 15 is 0 Å². The predicted octanol–water partition coefficient (Wildman–Crippen LogP) is 4.73. The van der Waals surface area contributed by atoms with E-state index in [1.54, 1.807) is 24.3 Å². The Labute approximate surface area is 189 Å². The molecule has 8 nitrogen and oxygen atoms in total. The van der Waals surface area contributed by atoms with Crippen LogP contribution in [0.25, 0.3) is 5.69 Å². The van der Waals surface area contributed by atoms with Crippen LogP contribution in [0, 0.1) is 0 Å². The number of H-pyrrole nitrogens is 1. The highest BCUT2D eigenvalue weighted by Gasteiger charge is 2.36. The van der Waals surface area contributed by atoms with E-state index < -0.39 is 24.1 Å². The van der Waals surface area contributed by atoms with Gasteiger partial charge in [0.2, 0.25) is 0 Å². The van der Waals surface area contributed by atoms with E-state index in [0.717, 1.165) is 5.56 Å². The van der Waals surface area contributed by atoms with Crippen molar-refractivity contribution in [2.45, 2.75) is 18.5 Å². The molecule has 2 N–H and O–H groups in total. The van der Waals surface area contributed by atoms with Gasteiger partial charge in [-0.05, 0) is 24.3 Å². The maximum Gasteiger partial charge on any atom is 0.299 e. The predicted molar refractivity (Wildman–Crippen MR) is 122 cm³/mol. The quantitative estimate of drug-likeness (QED) is 0.422. The van der Waals surface area contributed by atoms with Crippen LogP contribution in [0.3, 0.4) is 0 Å². The zero-order chi connectivity index (χ0) is 22.6. The third-order valence-corrected chi connectivity index (χ3v) is 5.36. The van der Waals surface area contributed by atoms with Gasteiger partial charge in [0.15, 0.2) is 12.0 Å². The van der Waals surface area contributed by atoms with Crippen LogP contribution in [0.15, 0.2) is 106 Å². The summed E-state index contributed by atoms with van der Waals surface area (Å²) < 4.78 is 13.0. The van der Waals surface area contributed by atoms with Gasteiger partial charge in [0.05, 0.1) is 23.7 Å². The smallest absolute Gasteiger partial charge is 0.299 e. The average molecular weight is 442 g/mol. The van der Waals surface area contributed by atoms with Crippen LogP contribution in [0.1, 0.15) is 23.7 Å². The first-order chi connectivity index (χ1) is 16.2. The molecule has 0 amide bonds. The highest BCUT2D eigenvalue weighted by atomic mass is 16.7. The van der Waals surface area contributed by atoms with Crippen molar-refractivity contribution in [1.82, 2.24) is 9.78 Å². The van der Waals surface area contributed by atoms with Crippen molar-refractivity contribution >= 4 is 11.4 Å². The summed E-state index contributed by atoms with van der Waals surface area (Å²) in [6.45, 7) is 0.161. The second-order valence-electron chi connectivity index (χ2n) is 7.58. The van der Waals surface area contributed by atoms with Crippen molar-refractivity contribution in [2.75, 3.05) is 6.61 Å². The maximum absolute atomic E-state index is 13.2. The minimum atomic E-state index is -1.18. The summed E-state index contributed by atoms with van der Waals surface area (Å²) in [5.41, 5.74) is 1.87. The van der Waals surface area contributed by atoms with Gasteiger partial charge < -0.3 is 14.6 Å². The molecule has 2 heterocycles. The lowest BCUT2D eigenvalue weighted by Gasteiger charge is -2.16. The zero-order valence-electron chi connectivity index (χ0n) is 17.6. The molecule has 1 aromatic heterocycles. The molecule has 1 fully saturated rings. The van der Waals surface area contributed by atoms with E-state index in [1.807, 2.05) is 66.7 Å². The summed E-state index contributed by atoms with van der Waals surface area (Å²) in [7, 11) is 0. The van der Waals surface area contributed by atoms with E-state index in [9.17, 15) is 9.90 Å². The second-order valence-corrected chi connectivity index (χ2v) is 7.58. The van der Waals surface area contributed by atoms with Crippen molar-refractivity contribution in [3.8, 4) is 5.69 Å². The zero-order valence-corrected chi connectivity index (χ0v) is 17.6. The van der Waals surface area contributed by atoms with Crippen LogP contribution in [-0.4, -0.2) is 27.6 Å². The van der Waals surface area contributed by atoms with Crippen LogP contribution in [0.4, 0.5) is 11.4 Å². The van der Waals surface area contributed by atoms with E-state index in [0.29, 0.717) is 11.4 Å². The van der Waals surface area contributed by atoms with Crippen molar-refractivity contribution in [1.29, 1.82) is 0 Å². The summed E-state index contributed by atoms with van der Waals surface area (Å²) in [5, 5.41) is 22.5. The lowest BCUT2D eigenvalue weighted by Crippen LogP contribution is -2.21. The molecule has 5 rings (SSSR count). The normalized spacial score (nSPS) is 19.2. The SMILES string of the molecule is O=c1c(N=Nc2ccccc2)c([C@H](O)[C@H]2CO[C@@H](c3ccccc3)O2)[nH]n1-c1ccccc1. The number of azo groups is 1. The fourth-order valence-electron chi connectivity index (χ4n) is 3.67. The van der Waals surface area contributed by atoms with Gasteiger partial charge in [-0.25, -0.2) is 4.68 Å². The summed E-state index contributed by atoms with van der Waals surface area (Å²) in [4.78, 5) is 13.2. The summed E-state index contributed by atoms with van der Waals surface area (Å²) in [5.74, 6) is 0. The minimum absolute atomic E-state index is 0.0157. The van der Waals surface area contributed by atoms with Gasteiger partial charge in [-0.1, -0.05) is 66.7 Å². The molecule has 1 aliphatic heterocycles. The third kappa shape index (κ3) is 4.40. The molecule has 4 aromatic rings. The van der Waals surface area contributed by atoms with Gasteiger partial charge in [0.25, 0.3) is 5.56 Å². The van der Waals surface area contributed by atoms with Gasteiger partial charge in [0, 0.05) is 5.56 Å². The number of hydrogen-bond acceptors (Lipinski definition) is 6. The Hall–Kier alpha value is -3.85. The van der Waals surface area contributed by atoms with E-state index in [1.165, 1.54) is 4.68 Å². The number of rotatable bonds is 6. The molecular formula is C25H22N4O4. The molecule has 0 radical (unpaired) electrons. The first-order valence-corrected chi connectivity index (χ1v) is 10.6. The van der Waals surface area contributed by atoms with Crippen molar-refractivity contribution in [3.05, 3.63) is 113 Å². The summed E-state index contributed by atoms with van der Waals surface area (Å²) in [6.07, 6.45) is -2.47. The van der Waals surface area contributed by atoms with Crippen LogP contribution in [0.2, 0.25) is 0 Å². The highest BCUT2D eigenvalue weighted by Crippen LogP contribution is 2.35. The Morgan fingerprint density at radius 1 is 0.909 bits per heavy atom. The average Bonchev–Trinajstić information content (AvgIpc) is 3.49. The number of aromatic amines is 1. The molecule has 166 valence electrons. The number of aliphatic hydroxyl groups is 1. The lowest BCUT2D eigenvalue weighted by atomic mass is 10.1. The van der Waals surface area contributed by atoms with Gasteiger partial charge in [-0.2, -0.15) is 5.11 Å². The largest absolute Gasteiger partial charge is 0.384 e. The van der Waals surface area contributed by atoms with Crippen LogP contribution < -0.4 is 5.56 Å². The van der Waals surface area contributed by atoms with Crippen molar-refractivity contribution < 1.29 is 14.6 Å². The Morgan fingerprint density at radius 3 is 2.24 bits per heavy atom. The molecule has 0 spiro atoms. The molecule has 0 saturated carbocycles. The van der Waals surface area contributed by atoms with E-state index in [4.69, 9.17) is 9.47 Å². The first-order valence-electron chi connectivity index (χ1n) is 10.6. The Balaban J connectivity index is 1.49. The molecule has 8 heteroatoms. The monoisotopic (exact) mass is 442 g/mol. The number of ether oxygens (including phenoxy) is 2. The Kier molecular flexibility index (Phi) is 5.95. The van der Waals surface area contributed by atoms with E-state index in [-0.39, 0.29) is 18.0 Å². The van der Waals surface area contributed by atoms with Crippen LogP contribution in [-0.2, 0) is 9.47 Å². The number of benzene rings is 3. The Morgan fingerprint density at radius 2 is 1.55 bits per heavy atom. The molecule has 0 unspecified atom stereocenters. The Bertz CT molecular complexity index is 1290. The number of aromatic nitrogens is 2. The lowest BCUT2D eigenvalue weighted by molar-refractivity contribution is -0.0844. The highest BCUT2D eigenvalue weighted by molar-refractivity contribution is 5.46. The summed E-state index contributed by atoms with van der Waals surface area (Å²) in [6, 6.07) is 27.6. The number of nitrogens with one attached hydrogen (secondary N) is 1. The number of nitrogens with zero attached hydrogens (tertiary/aromatic N) is 3. The topological polar surface area (TPSA) is 101 Å². The first kappa shape index (κ1) is 21.0. The van der Waals surface area contributed by atoms with Crippen molar-refractivity contribution in [2.24, 2.45) is 10.2 Å². The molecule has 1 aliphatic rings. The fourth-order valence-corrected chi connectivity index (χ4v) is 3.67. The number of aliphatic hydroxyl groups excluding tert-OH is 1. The number of para-hydroxylation sites is 1. The maximum atomic E-state index is 13.2. The molecule has 0 bridgehead atoms. The molecule has 33 heavy (non-hydrogen) atoms. The van der Waals surface area contributed by atoms with Crippen LogP contribution in [0.5, 0.6) is 0 Å². The summed E-state index contributed by atoms with van der Waals surface area (Å²) >= 11 is 0. The van der Waals surface area contributed by atoms with Gasteiger partial charge in [0.1, 0.15) is 12.2 Å². The molecule has 3 atom stereocenters. The van der Waals surface area contributed by atoms with Gasteiger partial charge in [-0.3, -0.25) is 9.89 Å². The fraction of sp³-hybridized carbons (Fsp3) is 0.160. The van der Waals surface area contributed by atoms with Gasteiger partial charge >= 0.3 is 0 Å². The molecule has 1 saturated heterocycles. The third-order valence-electron chi connectivity index (χ3n) is 5.36. The minimum Gasteiger partial charge on any atom is -0.384 e. The molecule has 0 aliphatic carbocycles. The number of hydrogen-bond donors (Lipinski definition) is 2. The van der Waals surface area contributed by atoms with Crippen molar-refractivity contribution in [3.63, 3.8) is 0 Å². The van der Waals surface area contributed by atoms with Crippen LogP contribution >= 0.6 is 0 Å². The van der Waals surface area contributed by atoms with E-state index in [2.05, 4.69) is 15.3 Å². The second kappa shape index (κ2) is 9.33. The standard InChI is InChI=1S/C25H22N4O4/c30-23(20-16-32-25(33-20)17-10-4-1-5-11-17)21-22(27-26-18-12-6-2-7-13-18)24(31)29(28-21)19-14-8-3-9-15-19/h1-15,20,23,25,28,30H,16H2/t20-,23-,25-/m1/s1. The molecule has 3 aromatic carbocycles. The molecular weight excluding hydrogens is 420 g/mol. The van der Waals surface area contributed by atoms with Gasteiger partial charge in [-0.15, -0.1) is 5.11 Å².